The van der Waals surface area contributed by atoms with Gasteiger partial charge in [0.1, 0.15) is 0 Å². The Balaban J connectivity index is 2.22. The van der Waals surface area contributed by atoms with E-state index in [1.165, 1.54) is 6.07 Å². The minimum Gasteiger partial charge on any atom is -0.465 e. The molecule has 6 heteroatoms. The number of ether oxygens (including phenoxy) is 1. The molecule has 1 N–H and O–H groups in total. The van der Waals surface area contributed by atoms with E-state index in [2.05, 4.69) is 32.7 Å². The molecule has 1 rings (SSSR count). The van der Waals surface area contributed by atoms with E-state index in [1.807, 2.05) is 0 Å². The molecular formula is C19H32N2O3S. The van der Waals surface area contributed by atoms with Gasteiger partial charge in [0, 0.05) is 18.8 Å². The van der Waals surface area contributed by atoms with Crippen molar-refractivity contribution in [1.29, 1.82) is 0 Å². The van der Waals surface area contributed by atoms with Gasteiger partial charge in [-0.1, -0.05) is 34.1 Å². The Morgan fingerprint density at radius 3 is 2.48 bits per heavy atom. The van der Waals surface area contributed by atoms with Gasteiger partial charge >= 0.3 is 5.97 Å². The molecule has 1 unspecified atom stereocenters. The molecule has 1 atom stereocenters. The molecule has 0 aliphatic rings. The normalized spacial score (nSPS) is 12.6. The molecule has 1 aromatic heterocycles. The predicted molar refractivity (Wildman–Crippen MR) is 103 cm³/mol. The van der Waals surface area contributed by atoms with Crippen molar-refractivity contribution in [3.8, 4) is 0 Å². The van der Waals surface area contributed by atoms with Gasteiger partial charge in [-0.25, -0.2) is 0 Å². The number of rotatable bonds is 11. The molecule has 1 aromatic rings. The van der Waals surface area contributed by atoms with Crippen LogP contribution in [0.15, 0.2) is 17.1 Å². The van der Waals surface area contributed by atoms with Crippen LogP contribution in [0.25, 0.3) is 0 Å². The summed E-state index contributed by atoms with van der Waals surface area (Å²) in [7, 11) is 0. The molecule has 1 heterocycles. The number of nitrogens with one attached hydrogen (secondary N) is 1. The molecule has 0 saturated carbocycles. The van der Waals surface area contributed by atoms with Crippen LogP contribution >= 0.6 is 12.2 Å². The van der Waals surface area contributed by atoms with E-state index in [0.717, 1.165) is 32.1 Å². The molecule has 0 saturated heterocycles. The van der Waals surface area contributed by atoms with E-state index in [1.54, 1.807) is 10.8 Å². The predicted octanol–water partition coefficient (Wildman–Crippen LogP) is 4.33. The van der Waals surface area contributed by atoms with Crippen LogP contribution in [0.5, 0.6) is 0 Å². The molecule has 0 fully saturated rings. The molecule has 0 aliphatic carbocycles. The summed E-state index contributed by atoms with van der Waals surface area (Å²) < 4.78 is 7.50. The summed E-state index contributed by atoms with van der Waals surface area (Å²) in [5, 5.41) is 0. The van der Waals surface area contributed by atoms with Gasteiger partial charge in [-0.3, -0.25) is 14.2 Å². The van der Waals surface area contributed by atoms with Crippen LogP contribution in [-0.4, -0.2) is 22.1 Å². The number of unbranched alkanes of at least 4 members (excludes halogenated alkanes) is 3. The van der Waals surface area contributed by atoms with E-state index in [-0.39, 0.29) is 17.4 Å². The van der Waals surface area contributed by atoms with E-state index >= 15 is 0 Å². The SMILES string of the molecule is CC(C)CC(C(=O)OCCCCCCn1c(=O)cc[nH]c1=S)C(C)C. The minimum absolute atomic E-state index is 0.00770. The maximum Gasteiger partial charge on any atom is 0.309 e. The lowest BCUT2D eigenvalue weighted by Gasteiger charge is -2.21. The molecule has 0 aromatic carbocycles. The second kappa shape index (κ2) is 11.2. The molecular weight excluding hydrogens is 336 g/mol. The molecule has 0 bridgehead atoms. The van der Waals surface area contributed by atoms with E-state index < -0.39 is 0 Å². The van der Waals surface area contributed by atoms with Crippen molar-refractivity contribution in [2.45, 2.75) is 66.3 Å². The first-order valence-corrected chi connectivity index (χ1v) is 9.69. The summed E-state index contributed by atoms with van der Waals surface area (Å²) in [5.41, 5.74) is -0.0671. The van der Waals surface area contributed by atoms with Gasteiger partial charge in [0.25, 0.3) is 5.56 Å². The zero-order valence-electron chi connectivity index (χ0n) is 15.9. The summed E-state index contributed by atoms with van der Waals surface area (Å²) in [6, 6.07) is 1.48. The van der Waals surface area contributed by atoms with Crippen molar-refractivity contribution in [3.05, 3.63) is 27.4 Å². The number of carbonyl (C=O) groups is 1. The highest BCUT2D eigenvalue weighted by molar-refractivity contribution is 7.71. The van der Waals surface area contributed by atoms with Crippen molar-refractivity contribution in [1.82, 2.24) is 9.55 Å². The van der Waals surface area contributed by atoms with Gasteiger partial charge < -0.3 is 9.72 Å². The van der Waals surface area contributed by atoms with Crippen molar-refractivity contribution in [2.24, 2.45) is 17.8 Å². The molecule has 0 aliphatic heterocycles. The highest BCUT2D eigenvalue weighted by Gasteiger charge is 2.24. The quantitative estimate of drug-likeness (QED) is 0.359. The van der Waals surface area contributed by atoms with E-state index in [4.69, 9.17) is 17.0 Å². The Kier molecular flexibility index (Phi) is 9.71. The molecule has 0 radical (unpaired) electrons. The lowest BCUT2D eigenvalue weighted by Crippen LogP contribution is -2.24. The van der Waals surface area contributed by atoms with E-state index in [9.17, 15) is 9.59 Å². The fourth-order valence-electron chi connectivity index (χ4n) is 2.82. The van der Waals surface area contributed by atoms with Crippen LogP contribution in [0.3, 0.4) is 0 Å². The summed E-state index contributed by atoms with van der Waals surface area (Å²) in [6.07, 6.45) is 6.14. The summed E-state index contributed by atoms with van der Waals surface area (Å²) in [5.74, 6) is 0.730. The number of hydrogen-bond acceptors (Lipinski definition) is 4. The van der Waals surface area contributed by atoms with Gasteiger partial charge in [0.2, 0.25) is 0 Å². The zero-order valence-corrected chi connectivity index (χ0v) is 16.7. The number of aromatic amines is 1. The Labute approximate surface area is 155 Å². The third kappa shape index (κ3) is 7.99. The van der Waals surface area contributed by atoms with Crippen molar-refractivity contribution >= 4 is 18.2 Å². The third-order valence-electron chi connectivity index (χ3n) is 4.30. The average Bonchev–Trinajstić information content (AvgIpc) is 2.53. The zero-order chi connectivity index (χ0) is 18.8. The molecule has 25 heavy (non-hydrogen) atoms. The highest BCUT2D eigenvalue weighted by Crippen LogP contribution is 2.21. The van der Waals surface area contributed by atoms with Gasteiger partial charge in [-0.2, -0.15) is 0 Å². The largest absolute Gasteiger partial charge is 0.465 e. The van der Waals surface area contributed by atoms with Crippen LogP contribution in [0.1, 0.15) is 59.8 Å². The lowest BCUT2D eigenvalue weighted by atomic mass is 9.88. The maximum absolute atomic E-state index is 12.2. The number of aromatic nitrogens is 2. The topological polar surface area (TPSA) is 64.1 Å². The molecule has 0 amide bonds. The fourth-order valence-corrected chi connectivity index (χ4v) is 3.07. The minimum atomic E-state index is -0.0671. The Hall–Kier alpha value is -1.43. The van der Waals surface area contributed by atoms with Gasteiger partial charge in [0.05, 0.1) is 12.5 Å². The second-order valence-electron chi connectivity index (χ2n) is 7.33. The smallest absolute Gasteiger partial charge is 0.309 e. The Morgan fingerprint density at radius 2 is 1.88 bits per heavy atom. The van der Waals surface area contributed by atoms with Crippen molar-refractivity contribution in [2.75, 3.05) is 6.61 Å². The van der Waals surface area contributed by atoms with Gasteiger partial charge in [-0.05, 0) is 49.7 Å². The average molecular weight is 369 g/mol. The molecule has 142 valence electrons. The van der Waals surface area contributed by atoms with Crippen LogP contribution in [-0.2, 0) is 16.1 Å². The van der Waals surface area contributed by atoms with Crippen LogP contribution < -0.4 is 5.56 Å². The summed E-state index contributed by atoms with van der Waals surface area (Å²) in [6.45, 7) is 9.51. The first-order chi connectivity index (χ1) is 11.8. The summed E-state index contributed by atoms with van der Waals surface area (Å²) >= 11 is 5.11. The number of carbonyl (C=O) groups excluding carboxylic acids is 1. The molecule has 5 nitrogen and oxygen atoms in total. The first-order valence-electron chi connectivity index (χ1n) is 9.28. The number of H-pyrrole nitrogens is 1. The molecule has 0 spiro atoms. The van der Waals surface area contributed by atoms with Crippen LogP contribution in [0, 0.1) is 22.5 Å². The Morgan fingerprint density at radius 1 is 1.20 bits per heavy atom. The second-order valence-corrected chi connectivity index (χ2v) is 7.72. The summed E-state index contributed by atoms with van der Waals surface area (Å²) in [4.78, 5) is 26.8. The first kappa shape index (κ1) is 21.6. The monoisotopic (exact) mass is 368 g/mol. The highest BCUT2D eigenvalue weighted by atomic mass is 32.1. The van der Waals surface area contributed by atoms with Crippen molar-refractivity contribution in [3.63, 3.8) is 0 Å². The number of hydrogen-bond donors (Lipinski definition) is 1. The lowest BCUT2D eigenvalue weighted by molar-refractivity contribution is -0.151. The van der Waals surface area contributed by atoms with Crippen molar-refractivity contribution < 1.29 is 9.53 Å². The number of esters is 1. The van der Waals surface area contributed by atoms with Crippen LogP contribution in [0.4, 0.5) is 0 Å². The van der Waals surface area contributed by atoms with Gasteiger partial charge in [0.15, 0.2) is 4.77 Å². The van der Waals surface area contributed by atoms with Crippen LogP contribution in [0.2, 0.25) is 0 Å². The standard InChI is InChI=1S/C19H32N2O3S/c1-14(2)13-16(15(3)4)18(23)24-12-8-6-5-7-11-21-17(22)9-10-20-19(21)25/h9-10,14-16H,5-8,11-13H2,1-4H3,(H,20,25). The van der Waals surface area contributed by atoms with E-state index in [0.29, 0.717) is 29.8 Å². The fraction of sp³-hybridized carbons (Fsp3) is 0.737. The number of nitrogens with zero attached hydrogens (tertiary/aromatic N) is 1. The maximum atomic E-state index is 12.2. The third-order valence-corrected chi connectivity index (χ3v) is 4.64. The van der Waals surface area contributed by atoms with Gasteiger partial charge in [-0.15, -0.1) is 0 Å². The Bertz CT molecular complexity index is 606.